The Hall–Kier alpha value is -2.67. The molecule has 1 aliphatic rings. The zero-order chi connectivity index (χ0) is 16.5. The van der Waals surface area contributed by atoms with Crippen molar-refractivity contribution in [2.45, 2.75) is 0 Å². The highest BCUT2D eigenvalue weighted by Gasteiger charge is 2.24. The SMILES string of the molecule is O=[N+]([O-])c1ccccc1N1CCN(c2nc3ccccc3s2)CC1. The smallest absolute Gasteiger partial charge is 0.292 e. The van der Waals surface area contributed by atoms with Crippen molar-refractivity contribution in [3.63, 3.8) is 0 Å². The summed E-state index contributed by atoms with van der Waals surface area (Å²) in [4.78, 5) is 19.9. The molecule has 0 spiro atoms. The number of rotatable bonds is 3. The van der Waals surface area contributed by atoms with Crippen LogP contribution in [0.2, 0.25) is 0 Å². The number of hydrogen-bond donors (Lipinski definition) is 0. The third-order valence-electron chi connectivity index (χ3n) is 4.25. The van der Waals surface area contributed by atoms with Crippen LogP contribution in [0.5, 0.6) is 0 Å². The van der Waals surface area contributed by atoms with Crippen molar-refractivity contribution >= 4 is 38.1 Å². The van der Waals surface area contributed by atoms with Gasteiger partial charge in [-0.1, -0.05) is 35.6 Å². The first-order chi connectivity index (χ1) is 11.7. The summed E-state index contributed by atoms with van der Waals surface area (Å²) in [6.07, 6.45) is 0. The van der Waals surface area contributed by atoms with E-state index in [1.165, 1.54) is 4.70 Å². The van der Waals surface area contributed by atoms with E-state index in [1.54, 1.807) is 23.5 Å². The number of nitro benzene ring substituents is 1. The first-order valence-electron chi connectivity index (χ1n) is 7.81. The molecule has 1 fully saturated rings. The van der Waals surface area contributed by atoms with Crippen molar-refractivity contribution in [1.29, 1.82) is 0 Å². The maximum absolute atomic E-state index is 11.2. The molecule has 0 atom stereocenters. The van der Waals surface area contributed by atoms with Crippen LogP contribution < -0.4 is 9.80 Å². The van der Waals surface area contributed by atoms with Gasteiger partial charge in [-0.05, 0) is 18.2 Å². The largest absolute Gasteiger partial charge is 0.362 e. The number of benzene rings is 2. The Morgan fingerprint density at radius 1 is 0.958 bits per heavy atom. The molecule has 0 N–H and O–H groups in total. The Bertz CT molecular complexity index is 854. The minimum Gasteiger partial charge on any atom is -0.362 e. The van der Waals surface area contributed by atoms with Crippen molar-refractivity contribution in [3.05, 3.63) is 58.6 Å². The number of thiazole rings is 1. The third kappa shape index (κ3) is 2.67. The Balaban J connectivity index is 1.52. The standard InChI is InChI=1S/C17H16N4O2S/c22-21(23)15-7-3-2-6-14(15)19-9-11-20(12-10-19)17-18-13-5-1-4-8-16(13)24-17/h1-8H,9-12H2. The predicted molar refractivity (Wildman–Crippen MR) is 97.1 cm³/mol. The van der Waals surface area contributed by atoms with Crippen LogP contribution in [0.25, 0.3) is 10.2 Å². The van der Waals surface area contributed by atoms with E-state index in [0.717, 1.165) is 36.8 Å². The van der Waals surface area contributed by atoms with E-state index >= 15 is 0 Å². The van der Waals surface area contributed by atoms with E-state index < -0.39 is 0 Å². The van der Waals surface area contributed by atoms with Crippen LogP contribution in [-0.4, -0.2) is 36.1 Å². The predicted octanol–water partition coefficient (Wildman–Crippen LogP) is 3.53. The van der Waals surface area contributed by atoms with Gasteiger partial charge >= 0.3 is 0 Å². The minimum atomic E-state index is -0.310. The Labute approximate surface area is 143 Å². The first-order valence-corrected chi connectivity index (χ1v) is 8.63. The van der Waals surface area contributed by atoms with Crippen LogP contribution in [0.3, 0.4) is 0 Å². The number of hydrogen-bond acceptors (Lipinski definition) is 6. The summed E-state index contributed by atoms with van der Waals surface area (Å²) >= 11 is 1.70. The van der Waals surface area contributed by atoms with Gasteiger partial charge in [-0.15, -0.1) is 0 Å². The van der Waals surface area contributed by atoms with E-state index in [-0.39, 0.29) is 10.6 Å². The molecule has 3 aromatic rings. The molecule has 24 heavy (non-hydrogen) atoms. The Morgan fingerprint density at radius 2 is 1.62 bits per heavy atom. The van der Waals surface area contributed by atoms with Crippen LogP contribution >= 0.6 is 11.3 Å². The molecule has 1 aromatic heterocycles. The average molecular weight is 340 g/mol. The second-order valence-electron chi connectivity index (χ2n) is 5.68. The number of fused-ring (bicyclic) bond motifs is 1. The lowest BCUT2D eigenvalue weighted by Crippen LogP contribution is -2.46. The summed E-state index contributed by atoms with van der Waals surface area (Å²) < 4.78 is 1.19. The molecule has 0 saturated carbocycles. The number of nitrogens with zero attached hydrogens (tertiary/aromatic N) is 4. The summed E-state index contributed by atoms with van der Waals surface area (Å²) in [5, 5.41) is 12.2. The van der Waals surface area contributed by atoms with E-state index in [1.807, 2.05) is 30.3 Å². The van der Waals surface area contributed by atoms with Crippen LogP contribution in [-0.2, 0) is 0 Å². The highest BCUT2D eigenvalue weighted by Crippen LogP contribution is 2.32. The van der Waals surface area contributed by atoms with Gasteiger partial charge < -0.3 is 9.80 Å². The topological polar surface area (TPSA) is 62.5 Å². The van der Waals surface area contributed by atoms with Crippen LogP contribution in [0, 0.1) is 10.1 Å². The summed E-state index contributed by atoms with van der Waals surface area (Å²) in [7, 11) is 0. The molecule has 6 nitrogen and oxygen atoms in total. The Kier molecular flexibility index (Phi) is 3.78. The van der Waals surface area contributed by atoms with Gasteiger partial charge in [0.25, 0.3) is 5.69 Å². The molecule has 2 aromatic carbocycles. The van der Waals surface area contributed by atoms with Crippen LogP contribution in [0.15, 0.2) is 48.5 Å². The first kappa shape index (κ1) is 14.9. The van der Waals surface area contributed by atoms with Gasteiger partial charge in [-0.3, -0.25) is 10.1 Å². The lowest BCUT2D eigenvalue weighted by atomic mass is 10.2. The maximum Gasteiger partial charge on any atom is 0.292 e. The van der Waals surface area contributed by atoms with Gasteiger partial charge in [-0.2, -0.15) is 0 Å². The number of nitro groups is 1. The van der Waals surface area contributed by atoms with Gasteiger partial charge in [-0.25, -0.2) is 4.98 Å². The van der Waals surface area contributed by atoms with Crippen molar-refractivity contribution in [2.24, 2.45) is 0 Å². The zero-order valence-electron chi connectivity index (χ0n) is 13.0. The van der Waals surface area contributed by atoms with Crippen molar-refractivity contribution in [2.75, 3.05) is 36.0 Å². The fourth-order valence-electron chi connectivity index (χ4n) is 3.02. The molecule has 1 saturated heterocycles. The molecule has 122 valence electrons. The second-order valence-corrected chi connectivity index (χ2v) is 6.69. The fraction of sp³-hybridized carbons (Fsp3) is 0.235. The highest BCUT2D eigenvalue weighted by molar-refractivity contribution is 7.22. The number of anilines is 2. The lowest BCUT2D eigenvalue weighted by Gasteiger charge is -2.35. The van der Waals surface area contributed by atoms with E-state index in [4.69, 9.17) is 4.98 Å². The van der Waals surface area contributed by atoms with Crippen LogP contribution in [0.4, 0.5) is 16.5 Å². The molecule has 0 aliphatic carbocycles. The van der Waals surface area contributed by atoms with Gasteiger partial charge in [0.1, 0.15) is 5.69 Å². The fourth-order valence-corrected chi connectivity index (χ4v) is 4.04. The highest BCUT2D eigenvalue weighted by atomic mass is 32.1. The molecule has 0 bridgehead atoms. The molecular weight excluding hydrogens is 324 g/mol. The summed E-state index contributed by atoms with van der Waals surface area (Å²) in [5.74, 6) is 0. The molecule has 0 radical (unpaired) electrons. The van der Waals surface area contributed by atoms with E-state index in [2.05, 4.69) is 15.9 Å². The summed E-state index contributed by atoms with van der Waals surface area (Å²) in [5.41, 5.74) is 1.90. The second kappa shape index (κ2) is 6.09. The van der Waals surface area contributed by atoms with Crippen molar-refractivity contribution in [1.82, 2.24) is 4.98 Å². The van der Waals surface area contributed by atoms with E-state index in [0.29, 0.717) is 5.69 Å². The minimum absolute atomic E-state index is 0.172. The van der Waals surface area contributed by atoms with Gasteiger partial charge in [0, 0.05) is 32.2 Å². The molecule has 0 unspecified atom stereocenters. The maximum atomic E-state index is 11.2. The van der Waals surface area contributed by atoms with Crippen molar-refractivity contribution < 1.29 is 4.92 Å². The van der Waals surface area contributed by atoms with Gasteiger partial charge in [0.15, 0.2) is 5.13 Å². The Morgan fingerprint density at radius 3 is 2.38 bits per heavy atom. The quantitative estimate of drug-likeness (QED) is 0.539. The molecular formula is C17H16N4O2S. The molecule has 1 aliphatic heterocycles. The molecule has 4 rings (SSSR count). The zero-order valence-corrected chi connectivity index (χ0v) is 13.8. The molecule has 7 heteroatoms. The molecule has 2 heterocycles. The van der Waals surface area contributed by atoms with Crippen LogP contribution in [0.1, 0.15) is 0 Å². The van der Waals surface area contributed by atoms with E-state index in [9.17, 15) is 10.1 Å². The van der Waals surface area contributed by atoms with Gasteiger partial charge in [0.05, 0.1) is 15.1 Å². The van der Waals surface area contributed by atoms with Gasteiger partial charge in [0.2, 0.25) is 0 Å². The average Bonchev–Trinajstić information content (AvgIpc) is 3.06. The number of piperazine rings is 1. The number of aromatic nitrogens is 1. The van der Waals surface area contributed by atoms with Crippen molar-refractivity contribution in [3.8, 4) is 0 Å². The summed E-state index contributed by atoms with van der Waals surface area (Å²) in [6, 6.07) is 15.1. The normalized spacial score (nSPS) is 15.0. The lowest BCUT2D eigenvalue weighted by molar-refractivity contribution is -0.384. The number of para-hydroxylation sites is 3. The monoisotopic (exact) mass is 340 g/mol. The third-order valence-corrected chi connectivity index (χ3v) is 5.35. The summed E-state index contributed by atoms with van der Waals surface area (Å²) in [6.45, 7) is 3.12. The molecule has 0 amide bonds.